The van der Waals surface area contributed by atoms with E-state index in [1.807, 2.05) is 0 Å². The van der Waals surface area contributed by atoms with Crippen molar-refractivity contribution in [2.45, 2.75) is 25.3 Å². The van der Waals surface area contributed by atoms with Crippen molar-refractivity contribution in [1.29, 1.82) is 0 Å². The predicted molar refractivity (Wildman–Crippen MR) is 60.0 cm³/mol. The van der Waals surface area contributed by atoms with Gasteiger partial charge >= 0.3 is 0 Å². The van der Waals surface area contributed by atoms with Gasteiger partial charge < -0.3 is 4.98 Å². The minimum absolute atomic E-state index is 0.196. The zero-order chi connectivity index (χ0) is 10.6. The smallest absolute Gasteiger partial charge is 0.270 e. The minimum atomic E-state index is -0.270. The second kappa shape index (κ2) is 5.41. The van der Waals surface area contributed by atoms with E-state index in [1.54, 1.807) is 0 Å². The summed E-state index contributed by atoms with van der Waals surface area (Å²) in [6.45, 7) is 4.32. The highest BCUT2D eigenvalue weighted by Crippen LogP contribution is 2.22. The summed E-state index contributed by atoms with van der Waals surface area (Å²) in [5, 5.41) is 0.817. The quantitative estimate of drug-likeness (QED) is 0.641. The summed E-state index contributed by atoms with van der Waals surface area (Å²) in [4.78, 5) is 17.5. The van der Waals surface area contributed by atoms with E-state index in [2.05, 4.69) is 23.8 Å². The lowest BCUT2D eigenvalue weighted by atomic mass is 10.2. The summed E-state index contributed by atoms with van der Waals surface area (Å²) in [7, 11) is 0. The molecule has 0 bridgehead atoms. The molecule has 0 aliphatic carbocycles. The fourth-order valence-corrected chi connectivity index (χ4v) is 2.25. The molecule has 0 aliphatic rings. The van der Waals surface area contributed by atoms with Crippen LogP contribution in [0.4, 0.5) is 0 Å². The number of aromatic nitrogens is 2. The first-order valence-corrected chi connectivity index (χ1v) is 5.83. The lowest BCUT2D eigenvalue weighted by molar-refractivity contribution is 0.632. The molecule has 1 aromatic heterocycles. The Balaban J connectivity index is 2.59. The van der Waals surface area contributed by atoms with Crippen LogP contribution in [0.25, 0.3) is 0 Å². The van der Waals surface area contributed by atoms with E-state index in [0.717, 1.165) is 12.2 Å². The molecular formula is C9H13ClN2OS. The van der Waals surface area contributed by atoms with Crippen molar-refractivity contribution in [2.75, 3.05) is 5.75 Å². The van der Waals surface area contributed by atoms with Gasteiger partial charge in [-0.1, -0.05) is 25.4 Å². The number of halogens is 1. The van der Waals surface area contributed by atoms with E-state index < -0.39 is 0 Å². The van der Waals surface area contributed by atoms with Crippen LogP contribution < -0.4 is 5.56 Å². The number of aromatic amines is 1. The highest BCUT2D eigenvalue weighted by molar-refractivity contribution is 7.99. The van der Waals surface area contributed by atoms with E-state index in [4.69, 9.17) is 11.6 Å². The summed E-state index contributed by atoms with van der Waals surface area (Å²) < 4.78 is 0. The number of hydrogen-bond acceptors (Lipinski definition) is 3. The predicted octanol–water partition coefficient (Wildman–Crippen LogP) is 2.56. The zero-order valence-corrected chi connectivity index (χ0v) is 9.78. The molecule has 0 aliphatic heterocycles. The summed E-state index contributed by atoms with van der Waals surface area (Å²) in [5.74, 6) is 1.59. The average Bonchev–Trinajstić information content (AvgIpc) is 2.12. The van der Waals surface area contributed by atoms with Crippen molar-refractivity contribution in [2.24, 2.45) is 5.92 Å². The first-order valence-electron chi connectivity index (χ1n) is 4.47. The zero-order valence-electron chi connectivity index (χ0n) is 8.21. The highest BCUT2D eigenvalue weighted by atomic mass is 35.5. The van der Waals surface area contributed by atoms with Gasteiger partial charge in [-0.25, -0.2) is 4.98 Å². The Kier molecular flexibility index (Phi) is 4.48. The second-order valence-corrected chi connectivity index (χ2v) is 4.84. The van der Waals surface area contributed by atoms with Crippen LogP contribution in [-0.4, -0.2) is 15.7 Å². The number of thioether (sulfide) groups is 1. The third-order valence-corrected chi connectivity index (χ3v) is 3.18. The molecule has 0 radical (unpaired) electrons. The molecule has 1 rings (SSSR count). The van der Waals surface area contributed by atoms with Gasteiger partial charge in [0.1, 0.15) is 10.0 Å². The maximum atomic E-state index is 11.1. The number of nitrogens with zero attached hydrogens (tertiary/aromatic N) is 1. The molecule has 0 aromatic carbocycles. The molecule has 0 saturated heterocycles. The molecule has 1 aromatic rings. The number of rotatable bonds is 4. The Bertz CT molecular complexity index is 351. The molecular weight excluding hydrogens is 220 g/mol. The largest absolute Gasteiger partial charge is 0.312 e. The van der Waals surface area contributed by atoms with Crippen LogP contribution in [0.1, 0.15) is 20.3 Å². The Morgan fingerprint density at radius 3 is 3.00 bits per heavy atom. The van der Waals surface area contributed by atoms with Crippen molar-refractivity contribution >= 4 is 23.4 Å². The lowest BCUT2D eigenvalue weighted by Crippen LogP contribution is -2.07. The van der Waals surface area contributed by atoms with Crippen molar-refractivity contribution in [1.82, 2.24) is 9.97 Å². The third kappa shape index (κ3) is 3.35. The standard InChI is InChI=1S/C9H13ClN2OS/c1-6(2)3-4-14-9-7(10)8(13)11-5-12-9/h5-6H,3-4H2,1-2H3,(H,11,12,13). The van der Waals surface area contributed by atoms with Crippen LogP contribution >= 0.6 is 23.4 Å². The average molecular weight is 233 g/mol. The van der Waals surface area contributed by atoms with Crippen LogP contribution in [0.3, 0.4) is 0 Å². The topological polar surface area (TPSA) is 45.8 Å². The molecule has 1 heterocycles. The molecule has 0 atom stereocenters. The molecule has 0 spiro atoms. The fourth-order valence-electron chi connectivity index (χ4n) is 0.859. The molecule has 0 amide bonds. The molecule has 0 fully saturated rings. The van der Waals surface area contributed by atoms with E-state index >= 15 is 0 Å². The molecule has 0 saturated carbocycles. The lowest BCUT2D eigenvalue weighted by Gasteiger charge is -2.04. The maximum absolute atomic E-state index is 11.1. The van der Waals surface area contributed by atoms with Gasteiger partial charge in [0.2, 0.25) is 0 Å². The van der Waals surface area contributed by atoms with Gasteiger partial charge in [-0.15, -0.1) is 11.8 Å². The van der Waals surface area contributed by atoms with E-state index in [-0.39, 0.29) is 10.6 Å². The van der Waals surface area contributed by atoms with Gasteiger partial charge in [0.15, 0.2) is 0 Å². The van der Waals surface area contributed by atoms with Crippen LogP contribution in [0.15, 0.2) is 16.1 Å². The van der Waals surface area contributed by atoms with Gasteiger partial charge in [-0.05, 0) is 18.1 Å². The van der Waals surface area contributed by atoms with Gasteiger partial charge in [0.25, 0.3) is 5.56 Å². The molecule has 1 N–H and O–H groups in total. The van der Waals surface area contributed by atoms with Gasteiger partial charge in [0, 0.05) is 0 Å². The van der Waals surface area contributed by atoms with Gasteiger partial charge in [-0.3, -0.25) is 4.79 Å². The van der Waals surface area contributed by atoms with Crippen molar-refractivity contribution in [3.05, 3.63) is 21.7 Å². The van der Waals surface area contributed by atoms with Crippen molar-refractivity contribution < 1.29 is 0 Å². The monoisotopic (exact) mass is 232 g/mol. The molecule has 5 heteroatoms. The van der Waals surface area contributed by atoms with E-state index in [9.17, 15) is 4.79 Å². The maximum Gasteiger partial charge on any atom is 0.270 e. The van der Waals surface area contributed by atoms with Crippen molar-refractivity contribution in [3.63, 3.8) is 0 Å². The second-order valence-electron chi connectivity index (χ2n) is 3.38. The van der Waals surface area contributed by atoms with Crippen LogP contribution in [0.2, 0.25) is 5.02 Å². The Hall–Kier alpha value is -0.480. The molecule has 14 heavy (non-hydrogen) atoms. The summed E-state index contributed by atoms with van der Waals surface area (Å²) in [5.41, 5.74) is -0.270. The van der Waals surface area contributed by atoms with Gasteiger partial charge in [-0.2, -0.15) is 0 Å². The molecule has 78 valence electrons. The SMILES string of the molecule is CC(C)CCSc1nc[nH]c(=O)c1Cl. The molecule has 0 unspecified atom stereocenters. The van der Waals surface area contributed by atoms with E-state index in [1.165, 1.54) is 18.1 Å². The Labute approximate surface area is 92.3 Å². The normalized spacial score (nSPS) is 10.9. The Morgan fingerprint density at radius 1 is 1.64 bits per heavy atom. The van der Waals surface area contributed by atoms with Crippen LogP contribution in [0.5, 0.6) is 0 Å². The first-order chi connectivity index (χ1) is 6.61. The number of H-pyrrole nitrogens is 1. The summed E-state index contributed by atoms with van der Waals surface area (Å²) >= 11 is 7.31. The van der Waals surface area contributed by atoms with Gasteiger partial charge in [0.05, 0.1) is 6.33 Å². The Morgan fingerprint density at radius 2 is 2.36 bits per heavy atom. The van der Waals surface area contributed by atoms with E-state index in [0.29, 0.717) is 10.9 Å². The van der Waals surface area contributed by atoms with Crippen LogP contribution in [0, 0.1) is 5.92 Å². The summed E-state index contributed by atoms with van der Waals surface area (Å²) in [6.07, 6.45) is 2.47. The summed E-state index contributed by atoms with van der Waals surface area (Å²) in [6, 6.07) is 0. The highest BCUT2D eigenvalue weighted by Gasteiger charge is 2.06. The molecule has 3 nitrogen and oxygen atoms in total. The minimum Gasteiger partial charge on any atom is -0.312 e. The number of nitrogens with one attached hydrogen (secondary N) is 1. The first kappa shape index (κ1) is 11.6. The third-order valence-electron chi connectivity index (χ3n) is 1.70. The fraction of sp³-hybridized carbons (Fsp3) is 0.556. The van der Waals surface area contributed by atoms with Crippen LogP contribution in [-0.2, 0) is 0 Å². The van der Waals surface area contributed by atoms with Crippen molar-refractivity contribution in [3.8, 4) is 0 Å². The number of hydrogen-bond donors (Lipinski definition) is 1.